The SMILES string of the molecule is c1ccc2c(c1)cc1c3ncccc3c3cc4cnccc4cc3n21. The smallest absolute Gasteiger partial charge is 0.0949 e. The summed E-state index contributed by atoms with van der Waals surface area (Å²) in [6.45, 7) is 0. The molecule has 0 N–H and O–H groups in total. The average molecular weight is 319 g/mol. The highest BCUT2D eigenvalue weighted by Gasteiger charge is 2.13. The molecule has 0 aliphatic carbocycles. The lowest BCUT2D eigenvalue weighted by atomic mass is 10.0. The minimum atomic E-state index is 1.04. The van der Waals surface area contributed by atoms with E-state index in [1.54, 1.807) is 0 Å². The van der Waals surface area contributed by atoms with E-state index in [9.17, 15) is 0 Å². The number of pyridine rings is 3. The highest BCUT2D eigenvalue weighted by atomic mass is 14.9. The van der Waals surface area contributed by atoms with Crippen molar-refractivity contribution in [3.8, 4) is 0 Å². The molecule has 0 aliphatic heterocycles. The van der Waals surface area contributed by atoms with Crippen LogP contribution in [0.25, 0.3) is 49.0 Å². The van der Waals surface area contributed by atoms with Crippen molar-refractivity contribution >= 4 is 49.0 Å². The number of benzene rings is 2. The third kappa shape index (κ3) is 1.64. The van der Waals surface area contributed by atoms with Gasteiger partial charge in [0.1, 0.15) is 0 Å². The molecule has 3 nitrogen and oxygen atoms in total. The summed E-state index contributed by atoms with van der Waals surface area (Å²) in [5, 5.41) is 5.97. The molecule has 3 heteroatoms. The van der Waals surface area contributed by atoms with Crippen molar-refractivity contribution in [3.05, 3.63) is 79.3 Å². The van der Waals surface area contributed by atoms with Crippen LogP contribution < -0.4 is 0 Å². The van der Waals surface area contributed by atoms with E-state index in [2.05, 4.69) is 64.0 Å². The lowest BCUT2D eigenvalue weighted by Crippen LogP contribution is -1.92. The molecule has 0 saturated carbocycles. The van der Waals surface area contributed by atoms with Gasteiger partial charge in [-0.05, 0) is 41.8 Å². The Morgan fingerprint density at radius 2 is 1.56 bits per heavy atom. The molecule has 0 aliphatic rings. The second-order valence-electron chi connectivity index (χ2n) is 6.42. The largest absolute Gasteiger partial charge is 0.307 e. The van der Waals surface area contributed by atoms with E-state index in [1.807, 2.05) is 24.7 Å². The summed E-state index contributed by atoms with van der Waals surface area (Å²) in [6.07, 6.45) is 5.64. The molecule has 116 valence electrons. The number of para-hydroxylation sites is 1. The third-order valence-electron chi connectivity index (χ3n) is 5.05. The van der Waals surface area contributed by atoms with Gasteiger partial charge in [0.2, 0.25) is 0 Å². The van der Waals surface area contributed by atoms with Gasteiger partial charge >= 0.3 is 0 Å². The fourth-order valence-corrected chi connectivity index (χ4v) is 3.94. The summed E-state index contributed by atoms with van der Waals surface area (Å²) in [5.41, 5.74) is 4.60. The van der Waals surface area contributed by atoms with Crippen molar-refractivity contribution in [1.29, 1.82) is 0 Å². The van der Waals surface area contributed by atoms with E-state index in [0.717, 1.165) is 16.4 Å². The van der Waals surface area contributed by atoms with Gasteiger partial charge in [0, 0.05) is 40.1 Å². The molecular formula is C22H13N3. The van der Waals surface area contributed by atoms with Crippen molar-refractivity contribution in [2.45, 2.75) is 0 Å². The molecule has 4 heterocycles. The zero-order valence-corrected chi connectivity index (χ0v) is 13.3. The Hall–Kier alpha value is -3.46. The van der Waals surface area contributed by atoms with Gasteiger partial charge in [-0.3, -0.25) is 9.97 Å². The van der Waals surface area contributed by atoms with Crippen molar-refractivity contribution in [2.24, 2.45) is 0 Å². The zero-order chi connectivity index (χ0) is 16.4. The van der Waals surface area contributed by atoms with Gasteiger partial charge in [0.25, 0.3) is 0 Å². The molecule has 0 bridgehead atoms. The molecule has 0 saturated heterocycles. The normalized spacial score (nSPS) is 12.0. The molecule has 0 fully saturated rings. The number of rotatable bonds is 0. The van der Waals surface area contributed by atoms with Crippen LogP contribution in [0, 0.1) is 0 Å². The molecule has 2 aromatic carbocycles. The van der Waals surface area contributed by atoms with E-state index in [0.29, 0.717) is 0 Å². The van der Waals surface area contributed by atoms with E-state index in [-0.39, 0.29) is 0 Å². The Morgan fingerprint density at radius 1 is 0.640 bits per heavy atom. The van der Waals surface area contributed by atoms with E-state index in [1.165, 1.54) is 32.6 Å². The van der Waals surface area contributed by atoms with Gasteiger partial charge in [-0.25, -0.2) is 0 Å². The molecule has 0 atom stereocenters. The fourth-order valence-electron chi connectivity index (χ4n) is 3.94. The summed E-state index contributed by atoms with van der Waals surface area (Å²) in [4.78, 5) is 8.98. The first-order valence-electron chi connectivity index (χ1n) is 8.34. The second-order valence-corrected chi connectivity index (χ2v) is 6.42. The topological polar surface area (TPSA) is 30.2 Å². The van der Waals surface area contributed by atoms with Crippen LogP contribution in [-0.2, 0) is 0 Å². The monoisotopic (exact) mass is 319 g/mol. The molecule has 6 rings (SSSR count). The lowest BCUT2D eigenvalue weighted by Gasteiger charge is -2.10. The molecule has 4 aromatic heterocycles. The standard InChI is InChI=1S/C22H13N3/c1-2-6-19-15(4-1)12-21-22-17(5-3-8-24-22)18-10-16-13-23-9-7-14(16)11-20(18)25(19)21/h1-13H. The lowest BCUT2D eigenvalue weighted by molar-refractivity contribution is 1.32. The van der Waals surface area contributed by atoms with Crippen LogP contribution >= 0.6 is 0 Å². The number of fused-ring (bicyclic) bond motifs is 9. The van der Waals surface area contributed by atoms with E-state index >= 15 is 0 Å². The van der Waals surface area contributed by atoms with Crippen LogP contribution in [0.2, 0.25) is 0 Å². The predicted octanol–water partition coefficient (Wildman–Crippen LogP) is 5.34. The Labute approximate surface area is 143 Å². The molecular weight excluding hydrogens is 306 g/mol. The van der Waals surface area contributed by atoms with Crippen LogP contribution in [-0.4, -0.2) is 14.4 Å². The number of hydrogen-bond donors (Lipinski definition) is 0. The maximum absolute atomic E-state index is 4.70. The summed E-state index contributed by atoms with van der Waals surface area (Å²) >= 11 is 0. The minimum absolute atomic E-state index is 1.04. The van der Waals surface area contributed by atoms with Gasteiger partial charge in [-0.2, -0.15) is 0 Å². The van der Waals surface area contributed by atoms with Crippen LogP contribution in [0.1, 0.15) is 0 Å². The first-order chi connectivity index (χ1) is 12.4. The van der Waals surface area contributed by atoms with Gasteiger partial charge in [-0.15, -0.1) is 0 Å². The van der Waals surface area contributed by atoms with Crippen molar-refractivity contribution in [1.82, 2.24) is 14.4 Å². The van der Waals surface area contributed by atoms with Gasteiger partial charge in [0.05, 0.1) is 22.1 Å². The summed E-state index contributed by atoms with van der Waals surface area (Å²) < 4.78 is 2.33. The molecule has 0 amide bonds. The molecule has 6 aromatic rings. The number of hydrogen-bond acceptors (Lipinski definition) is 2. The highest BCUT2D eigenvalue weighted by Crippen LogP contribution is 2.34. The second kappa shape index (κ2) is 4.54. The van der Waals surface area contributed by atoms with Gasteiger partial charge in [-0.1, -0.05) is 24.3 Å². The summed E-state index contributed by atoms with van der Waals surface area (Å²) in [6, 6.07) is 21.5. The number of aromatic nitrogens is 3. The molecule has 0 radical (unpaired) electrons. The Morgan fingerprint density at radius 3 is 2.56 bits per heavy atom. The maximum atomic E-state index is 4.70. The zero-order valence-electron chi connectivity index (χ0n) is 13.3. The Balaban J connectivity index is 2.03. The highest BCUT2D eigenvalue weighted by molar-refractivity contribution is 6.16. The first kappa shape index (κ1) is 12.9. The van der Waals surface area contributed by atoms with Crippen molar-refractivity contribution in [3.63, 3.8) is 0 Å². The summed E-state index contributed by atoms with van der Waals surface area (Å²) in [7, 11) is 0. The van der Waals surface area contributed by atoms with Gasteiger partial charge in [0.15, 0.2) is 0 Å². The molecule has 25 heavy (non-hydrogen) atoms. The van der Waals surface area contributed by atoms with E-state index in [4.69, 9.17) is 4.98 Å². The summed E-state index contributed by atoms with van der Waals surface area (Å²) in [5.74, 6) is 0. The van der Waals surface area contributed by atoms with Crippen molar-refractivity contribution in [2.75, 3.05) is 0 Å². The van der Waals surface area contributed by atoms with Crippen LogP contribution in [0.15, 0.2) is 79.3 Å². The predicted molar refractivity (Wildman–Crippen MR) is 103 cm³/mol. The molecule has 0 unspecified atom stereocenters. The first-order valence-corrected chi connectivity index (χ1v) is 8.34. The fraction of sp³-hybridized carbons (Fsp3) is 0. The maximum Gasteiger partial charge on any atom is 0.0949 e. The number of nitrogens with zero attached hydrogens (tertiary/aromatic N) is 3. The van der Waals surface area contributed by atoms with Crippen LogP contribution in [0.5, 0.6) is 0 Å². The van der Waals surface area contributed by atoms with Crippen LogP contribution in [0.4, 0.5) is 0 Å². The quantitative estimate of drug-likeness (QED) is 0.279. The Kier molecular flexibility index (Phi) is 2.35. The third-order valence-corrected chi connectivity index (χ3v) is 5.05. The van der Waals surface area contributed by atoms with Crippen molar-refractivity contribution < 1.29 is 0 Å². The van der Waals surface area contributed by atoms with Crippen LogP contribution in [0.3, 0.4) is 0 Å². The molecule has 0 spiro atoms. The Bertz CT molecular complexity index is 1440. The van der Waals surface area contributed by atoms with Gasteiger partial charge < -0.3 is 4.40 Å². The van der Waals surface area contributed by atoms with E-state index < -0.39 is 0 Å². The minimum Gasteiger partial charge on any atom is -0.307 e. The average Bonchev–Trinajstić information content (AvgIpc) is 3.07.